The number of alkyl halides is 2. The van der Waals surface area contributed by atoms with Gasteiger partial charge < -0.3 is 16.2 Å². The third kappa shape index (κ3) is 3.20. The number of nitrogens with two attached hydrogens (primary N) is 1. The lowest BCUT2D eigenvalue weighted by Crippen LogP contribution is -2.51. The smallest absolute Gasteiger partial charge is 0.289 e. The Morgan fingerprint density at radius 3 is 2.65 bits per heavy atom. The maximum absolute atomic E-state index is 14.2. The van der Waals surface area contributed by atoms with E-state index in [4.69, 9.17) is 22.4 Å². The van der Waals surface area contributed by atoms with Crippen LogP contribution in [0.5, 0.6) is 0 Å². The van der Waals surface area contributed by atoms with Gasteiger partial charge in [-0.25, -0.2) is 8.78 Å². The van der Waals surface area contributed by atoms with Crippen molar-refractivity contribution in [3.8, 4) is 0 Å². The SMILES string of the molecule is Nc1ccc(Cl)cc1[C@H](N1CCNCC1)C(F)(F)CO. The molecule has 0 bridgehead atoms. The molecule has 1 fully saturated rings. The summed E-state index contributed by atoms with van der Waals surface area (Å²) < 4.78 is 28.4. The Labute approximate surface area is 121 Å². The van der Waals surface area contributed by atoms with Crippen molar-refractivity contribution in [1.82, 2.24) is 10.2 Å². The van der Waals surface area contributed by atoms with Gasteiger partial charge in [0.15, 0.2) is 0 Å². The molecule has 20 heavy (non-hydrogen) atoms. The minimum absolute atomic E-state index is 0.256. The number of aliphatic hydroxyl groups is 1. The number of nitrogens with zero attached hydrogens (tertiary/aromatic N) is 1. The monoisotopic (exact) mass is 305 g/mol. The molecule has 7 heteroatoms. The second-order valence-electron chi connectivity index (χ2n) is 4.88. The summed E-state index contributed by atoms with van der Waals surface area (Å²) in [6.07, 6.45) is 0. The molecule has 1 aromatic rings. The molecule has 0 aliphatic carbocycles. The largest absolute Gasteiger partial charge is 0.398 e. The summed E-state index contributed by atoms with van der Waals surface area (Å²) in [6, 6.07) is 3.26. The van der Waals surface area contributed by atoms with Gasteiger partial charge in [-0.05, 0) is 23.8 Å². The van der Waals surface area contributed by atoms with Crippen molar-refractivity contribution in [2.45, 2.75) is 12.0 Å². The molecular formula is C13H18ClF2N3O. The third-order valence-corrected chi connectivity index (χ3v) is 3.71. The number of anilines is 1. The van der Waals surface area contributed by atoms with E-state index >= 15 is 0 Å². The van der Waals surface area contributed by atoms with Gasteiger partial charge in [0.1, 0.15) is 12.6 Å². The minimum atomic E-state index is -3.28. The first kappa shape index (κ1) is 15.4. The number of halogens is 3. The molecule has 112 valence electrons. The highest BCUT2D eigenvalue weighted by atomic mass is 35.5. The van der Waals surface area contributed by atoms with E-state index in [2.05, 4.69) is 5.32 Å². The maximum Gasteiger partial charge on any atom is 0.289 e. The van der Waals surface area contributed by atoms with E-state index in [1.807, 2.05) is 0 Å². The summed E-state index contributed by atoms with van der Waals surface area (Å²) in [5.74, 6) is -3.28. The highest BCUT2D eigenvalue weighted by Gasteiger charge is 2.44. The van der Waals surface area contributed by atoms with Crippen LogP contribution in [0.4, 0.5) is 14.5 Å². The van der Waals surface area contributed by atoms with Crippen molar-refractivity contribution in [3.05, 3.63) is 28.8 Å². The first-order valence-electron chi connectivity index (χ1n) is 6.44. The Kier molecular flexibility index (Phi) is 4.80. The van der Waals surface area contributed by atoms with Gasteiger partial charge in [0.25, 0.3) is 5.92 Å². The molecule has 1 saturated heterocycles. The van der Waals surface area contributed by atoms with Gasteiger partial charge >= 0.3 is 0 Å². The van der Waals surface area contributed by atoms with Crippen molar-refractivity contribution in [1.29, 1.82) is 0 Å². The van der Waals surface area contributed by atoms with E-state index in [1.165, 1.54) is 12.1 Å². The molecule has 2 rings (SSSR count). The number of piperazine rings is 1. The Bertz CT molecular complexity index is 467. The average Bonchev–Trinajstić information content (AvgIpc) is 2.44. The standard InChI is InChI=1S/C13H18ClF2N3O/c14-9-1-2-11(17)10(7-9)12(13(15,16)8-20)19-5-3-18-4-6-19/h1-2,7,12,18,20H,3-6,8,17H2/t12-/m0/s1. The van der Waals surface area contributed by atoms with Crippen molar-refractivity contribution >= 4 is 17.3 Å². The Morgan fingerprint density at radius 2 is 2.05 bits per heavy atom. The summed E-state index contributed by atoms with van der Waals surface area (Å²) in [5, 5.41) is 12.5. The molecule has 0 radical (unpaired) electrons. The van der Waals surface area contributed by atoms with Crippen molar-refractivity contribution < 1.29 is 13.9 Å². The molecule has 4 N–H and O–H groups in total. The summed E-state index contributed by atoms with van der Waals surface area (Å²) >= 11 is 5.90. The van der Waals surface area contributed by atoms with Crippen molar-refractivity contribution in [3.63, 3.8) is 0 Å². The molecule has 0 spiro atoms. The molecule has 1 aliphatic heterocycles. The zero-order chi connectivity index (χ0) is 14.8. The van der Waals surface area contributed by atoms with Gasteiger partial charge in [0.2, 0.25) is 0 Å². The Hall–Kier alpha value is -0.950. The lowest BCUT2D eigenvalue weighted by molar-refractivity contribution is -0.118. The first-order chi connectivity index (χ1) is 9.45. The van der Waals surface area contributed by atoms with Gasteiger partial charge in [-0.1, -0.05) is 11.6 Å². The minimum Gasteiger partial charge on any atom is -0.398 e. The van der Waals surface area contributed by atoms with Crippen LogP contribution in [0.3, 0.4) is 0 Å². The van der Waals surface area contributed by atoms with Gasteiger partial charge in [0.05, 0.1) is 0 Å². The number of hydrogen-bond donors (Lipinski definition) is 3. The van der Waals surface area contributed by atoms with Crippen LogP contribution >= 0.6 is 11.6 Å². The number of aliphatic hydroxyl groups excluding tert-OH is 1. The maximum atomic E-state index is 14.2. The van der Waals surface area contributed by atoms with E-state index in [0.717, 1.165) is 0 Å². The molecule has 1 heterocycles. The fourth-order valence-electron chi connectivity index (χ4n) is 2.50. The molecule has 1 aliphatic rings. The predicted octanol–water partition coefficient (Wildman–Crippen LogP) is 1.50. The molecular weight excluding hydrogens is 288 g/mol. The van der Waals surface area contributed by atoms with Crippen LogP contribution in [0.1, 0.15) is 11.6 Å². The van der Waals surface area contributed by atoms with Crippen LogP contribution in [-0.2, 0) is 0 Å². The zero-order valence-electron chi connectivity index (χ0n) is 11.0. The summed E-state index contributed by atoms with van der Waals surface area (Å²) in [5.41, 5.74) is 6.35. The summed E-state index contributed by atoms with van der Waals surface area (Å²) in [6.45, 7) is 0.947. The normalized spacial score (nSPS) is 19.0. The van der Waals surface area contributed by atoms with E-state index in [-0.39, 0.29) is 11.3 Å². The Morgan fingerprint density at radius 1 is 1.40 bits per heavy atom. The van der Waals surface area contributed by atoms with Crippen molar-refractivity contribution in [2.24, 2.45) is 0 Å². The quantitative estimate of drug-likeness (QED) is 0.738. The lowest BCUT2D eigenvalue weighted by atomic mass is 9.96. The number of benzene rings is 1. The number of nitrogens with one attached hydrogen (secondary N) is 1. The highest BCUT2D eigenvalue weighted by molar-refractivity contribution is 6.30. The van der Waals surface area contributed by atoms with Crippen LogP contribution in [0, 0.1) is 0 Å². The molecule has 1 aromatic carbocycles. The molecule has 0 amide bonds. The van der Waals surface area contributed by atoms with E-state index in [0.29, 0.717) is 31.2 Å². The fraction of sp³-hybridized carbons (Fsp3) is 0.538. The van der Waals surface area contributed by atoms with Gasteiger partial charge in [-0.15, -0.1) is 0 Å². The van der Waals surface area contributed by atoms with Gasteiger partial charge in [-0.2, -0.15) is 0 Å². The average molecular weight is 306 g/mol. The van der Waals surface area contributed by atoms with E-state index < -0.39 is 18.6 Å². The number of nitrogen functional groups attached to an aromatic ring is 1. The predicted molar refractivity (Wildman–Crippen MR) is 75.1 cm³/mol. The zero-order valence-corrected chi connectivity index (χ0v) is 11.7. The fourth-order valence-corrected chi connectivity index (χ4v) is 2.68. The second-order valence-corrected chi connectivity index (χ2v) is 5.32. The topological polar surface area (TPSA) is 61.5 Å². The molecule has 0 aromatic heterocycles. The second kappa shape index (κ2) is 6.22. The number of rotatable bonds is 4. The highest BCUT2D eigenvalue weighted by Crippen LogP contribution is 2.39. The third-order valence-electron chi connectivity index (χ3n) is 3.47. The number of hydrogen-bond acceptors (Lipinski definition) is 4. The molecule has 4 nitrogen and oxygen atoms in total. The molecule has 1 atom stereocenters. The van der Waals surface area contributed by atoms with Crippen LogP contribution in [0.25, 0.3) is 0 Å². The van der Waals surface area contributed by atoms with Crippen LogP contribution in [0.2, 0.25) is 5.02 Å². The van der Waals surface area contributed by atoms with Crippen LogP contribution in [-0.4, -0.2) is 48.7 Å². The van der Waals surface area contributed by atoms with E-state index in [9.17, 15) is 8.78 Å². The first-order valence-corrected chi connectivity index (χ1v) is 6.82. The van der Waals surface area contributed by atoms with Crippen LogP contribution < -0.4 is 11.1 Å². The summed E-state index contributed by atoms with van der Waals surface area (Å²) in [4.78, 5) is 1.63. The van der Waals surface area contributed by atoms with Crippen LogP contribution in [0.15, 0.2) is 18.2 Å². The van der Waals surface area contributed by atoms with Gasteiger partial charge in [-0.3, -0.25) is 4.90 Å². The molecule has 0 unspecified atom stereocenters. The van der Waals surface area contributed by atoms with Gasteiger partial charge in [0, 0.05) is 36.9 Å². The lowest BCUT2D eigenvalue weighted by Gasteiger charge is -2.39. The van der Waals surface area contributed by atoms with E-state index in [1.54, 1.807) is 11.0 Å². The Balaban J connectivity index is 2.42. The van der Waals surface area contributed by atoms with Crippen molar-refractivity contribution in [2.75, 3.05) is 38.5 Å². The molecule has 0 saturated carbocycles. The summed E-state index contributed by atoms with van der Waals surface area (Å²) in [7, 11) is 0.